The molecular formula is C27H33FN+. The molecule has 0 N–H and O–H groups in total. The quantitative estimate of drug-likeness (QED) is 0.412. The lowest BCUT2D eigenvalue weighted by molar-refractivity contribution is -0.665. The van der Waals surface area contributed by atoms with Gasteiger partial charge in [0.25, 0.3) is 0 Å². The second kappa shape index (κ2) is 7.55. The first-order chi connectivity index (χ1) is 14.2. The summed E-state index contributed by atoms with van der Waals surface area (Å²) in [5, 5.41) is 1.77. The van der Waals surface area contributed by atoms with Crippen molar-refractivity contribution in [2.75, 3.05) is 0 Å². The molecule has 1 aliphatic carbocycles. The van der Waals surface area contributed by atoms with Crippen LogP contribution in [0, 0.1) is 40.4 Å². The predicted octanol–water partition coefficient (Wildman–Crippen LogP) is 7.06. The molecular weight excluding hydrogens is 357 g/mol. The van der Waals surface area contributed by atoms with Gasteiger partial charge >= 0.3 is 0 Å². The third-order valence-corrected chi connectivity index (χ3v) is 7.06. The van der Waals surface area contributed by atoms with Gasteiger partial charge in [-0.05, 0) is 86.2 Å². The first-order valence-electron chi connectivity index (χ1n) is 11.4. The Balaban J connectivity index is 2.11. The lowest BCUT2D eigenvalue weighted by Gasteiger charge is -2.25. The van der Waals surface area contributed by atoms with Crippen LogP contribution >= 0.6 is 0 Å². The van der Waals surface area contributed by atoms with Gasteiger partial charge in [-0.2, -0.15) is 4.57 Å². The fourth-order valence-electron chi connectivity index (χ4n) is 5.26. The molecule has 3 aromatic rings. The van der Waals surface area contributed by atoms with Gasteiger partial charge in [-0.15, -0.1) is 0 Å². The van der Waals surface area contributed by atoms with Crippen molar-refractivity contribution in [1.82, 2.24) is 0 Å². The number of fused-ring (bicyclic) bond motifs is 1. The largest absolute Gasteiger partial charge is 0.220 e. The Kier molecular flexibility index (Phi) is 4.89. The summed E-state index contributed by atoms with van der Waals surface area (Å²) in [5.41, 5.74) is 8.53. The highest BCUT2D eigenvalue weighted by Gasteiger charge is 2.27. The summed E-state index contributed by atoms with van der Waals surface area (Å²) < 4.78 is 26.6. The van der Waals surface area contributed by atoms with E-state index in [1.165, 1.54) is 36.0 Å². The van der Waals surface area contributed by atoms with Gasteiger partial charge < -0.3 is 0 Å². The molecule has 152 valence electrons. The zero-order valence-electron chi connectivity index (χ0n) is 19.7. The molecule has 1 saturated carbocycles. The van der Waals surface area contributed by atoms with E-state index in [1.807, 2.05) is 20.9 Å². The minimum absolute atomic E-state index is 0.0987. The van der Waals surface area contributed by atoms with Crippen LogP contribution in [-0.2, 0) is 7.05 Å². The maximum absolute atomic E-state index is 15.6. The molecule has 1 heterocycles. The van der Waals surface area contributed by atoms with E-state index in [0.29, 0.717) is 6.04 Å². The van der Waals surface area contributed by atoms with Crippen LogP contribution in [0.1, 0.15) is 72.9 Å². The number of halogens is 1. The molecule has 29 heavy (non-hydrogen) atoms. The topological polar surface area (TPSA) is 3.88 Å². The highest BCUT2D eigenvalue weighted by atomic mass is 19.1. The Morgan fingerprint density at radius 1 is 0.931 bits per heavy atom. The minimum atomic E-state index is -0.0987. The number of benzene rings is 2. The molecule has 1 nitrogen and oxygen atoms in total. The number of hydrogen-bond donors (Lipinski definition) is 0. The maximum Gasteiger partial charge on any atom is 0.220 e. The molecule has 0 amide bonds. The van der Waals surface area contributed by atoms with E-state index in [0.717, 1.165) is 51.7 Å². The van der Waals surface area contributed by atoms with Gasteiger partial charge in [0.05, 0.1) is 12.3 Å². The molecule has 4 rings (SSSR count). The van der Waals surface area contributed by atoms with Crippen LogP contribution in [0.2, 0.25) is 0 Å². The normalized spacial score (nSPS) is 15.8. The summed E-state index contributed by atoms with van der Waals surface area (Å²) in [6.07, 6.45) is 5.70. The third-order valence-electron chi connectivity index (χ3n) is 7.06. The number of rotatable bonds is 2. The molecule has 0 radical (unpaired) electrons. The number of aromatic nitrogens is 1. The SMILES string of the molecule is [2H]c1c(C)[n+](C)c(-c2cc(C)cc(C)c2C)c2cc(F)c(C3CCCCC3)c(C)c12. The Bertz CT molecular complexity index is 1160. The van der Waals surface area contributed by atoms with Crippen molar-refractivity contribution in [3.05, 3.63) is 63.6 Å². The van der Waals surface area contributed by atoms with Crippen LogP contribution in [0.5, 0.6) is 0 Å². The summed E-state index contributed by atoms with van der Waals surface area (Å²) in [5.74, 6) is 0.182. The van der Waals surface area contributed by atoms with Gasteiger partial charge in [0.1, 0.15) is 12.9 Å². The Morgan fingerprint density at radius 3 is 2.31 bits per heavy atom. The van der Waals surface area contributed by atoms with E-state index >= 15 is 4.39 Å². The lowest BCUT2D eigenvalue weighted by Crippen LogP contribution is -2.35. The molecule has 1 aromatic heterocycles. The first-order valence-corrected chi connectivity index (χ1v) is 10.9. The van der Waals surface area contributed by atoms with Crippen molar-refractivity contribution in [3.8, 4) is 11.3 Å². The van der Waals surface area contributed by atoms with Crippen molar-refractivity contribution in [3.63, 3.8) is 0 Å². The monoisotopic (exact) mass is 391 g/mol. The number of hydrogen-bond acceptors (Lipinski definition) is 0. The van der Waals surface area contributed by atoms with Gasteiger partial charge in [-0.1, -0.05) is 30.9 Å². The first kappa shape index (κ1) is 18.8. The minimum Gasteiger partial charge on any atom is -0.207 e. The number of pyridine rings is 1. The van der Waals surface area contributed by atoms with Crippen molar-refractivity contribution in [2.45, 2.75) is 72.6 Å². The Hall–Kier alpha value is -2.22. The summed E-state index contributed by atoms with van der Waals surface area (Å²) in [6.45, 7) is 10.4. The standard InChI is InChI=1S/C27H33FN/c1-16-12-17(2)19(4)23(13-16)27-24-15-25(28)26(21-10-8-7-9-11-21)20(5)22(24)14-18(3)29(27)6/h12-15,21H,7-11H2,1-6H3/q+1/i14D. The summed E-state index contributed by atoms with van der Waals surface area (Å²) in [4.78, 5) is 0. The molecule has 2 heteroatoms. The van der Waals surface area contributed by atoms with E-state index in [-0.39, 0.29) is 11.7 Å². The average molecular weight is 392 g/mol. The fraction of sp³-hybridized carbons (Fsp3) is 0.444. The zero-order valence-corrected chi connectivity index (χ0v) is 18.7. The highest BCUT2D eigenvalue weighted by molar-refractivity contribution is 5.96. The van der Waals surface area contributed by atoms with Crippen LogP contribution in [-0.4, -0.2) is 0 Å². The van der Waals surface area contributed by atoms with Crippen molar-refractivity contribution in [1.29, 1.82) is 0 Å². The third kappa shape index (κ3) is 3.37. The molecule has 1 aliphatic rings. The maximum atomic E-state index is 15.6. The van der Waals surface area contributed by atoms with Gasteiger partial charge in [0.2, 0.25) is 5.69 Å². The fourth-order valence-corrected chi connectivity index (χ4v) is 5.26. The summed E-state index contributed by atoms with van der Waals surface area (Å²) >= 11 is 0. The molecule has 0 atom stereocenters. The van der Waals surface area contributed by atoms with Gasteiger partial charge in [-0.25, -0.2) is 4.39 Å². The van der Waals surface area contributed by atoms with Crippen LogP contribution in [0.15, 0.2) is 24.2 Å². The van der Waals surface area contributed by atoms with E-state index in [4.69, 9.17) is 1.37 Å². The summed E-state index contributed by atoms with van der Waals surface area (Å²) in [7, 11) is 2.00. The molecule has 0 unspecified atom stereocenters. The van der Waals surface area contributed by atoms with Gasteiger partial charge in [0.15, 0.2) is 5.69 Å². The van der Waals surface area contributed by atoms with Crippen molar-refractivity contribution < 1.29 is 10.3 Å². The summed E-state index contributed by atoms with van der Waals surface area (Å²) in [6, 6.07) is 6.63. The second-order valence-electron chi connectivity index (χ2n) is 9.03. The molecule has 1 fully saturated rings. The molecule has 0 spiro atoms. The zero-order chi connectivity index (χ0) is 21.7. The molecule has 0 bridgehead atoms. The number of aryl methyl sites for hydroxylation is 3. The van der Waals surface area contributed by atoms with Crippen LogP contribution in [0.4, 0.5) is 4.39 Å². The lowest BCUT2D eigenvalue weighted by atomic mass is 9.80. The van der Waals surface area contributed by atoms with E-state index in [2.05, 4.69) is 37.5 Å². The molecule has 0 aliphatic heterocycles. The molecule has 0 saturated heterocycles. The van der Waals surface area contributed by atoms with E-state index in [1.54, 1.807) is 6.07 Å². The van der Waals surface area contributed by atoms with E-state index in [9.17, 15) is 0 Å². The molecule has 2 aromatic carbocycles. The smallest absolute Gasteiger partial charge is 0.207 e. The average Bonchev–Trinajstić information content (AvgIpc) is 2.70. The second-order valence-corrected chi connectivity index (χ2v) is 9.03. The van der Waals surface area contributed by atoms with Crippen LogP contribution in [0.25, 0.3) is 22.0 Å². The van der Waals surface area contributed by atoms with Crippen LogP contribution in [0.3, 0.4) is 0 Å². The van der Waals surface area contributed by atoms with Gasteiger partial charge in [0, 0.05) is 13.0 Å². The number of nitrogens with zero attached hydrogens (tertiary/aromatic N) is 1. The Labute approximate surface area is 176 Å². The van der Waals surface area contributed by atoms with Crippen LogP contribution < -0.4 is 4.57 Å². The van der Waals surface area contributed by atoms with Gasteiger partial charge in [-0.3, -0.25) is 0 Å². The van der Waals surface area contributed by atoms with Crippen molar-refractivity contribution in [2.24, 2.45) is 7.05 Å². The van der Waals surface area contributed by atoms with Crippen molar-refractivity contribution >= 4 is 10.8 Å². The predicted molar refractivity (Wildman–Crippen MR) is 120 cm³/mol. The van der Waals surface area contributed by atoms with E-state index < -0.39 is 0 Å². The highest BCUT2D eigenvalue weighted by Crippen LogP contribution is 2.40. The Morgan fingerprint density at radius 2 is 1.62 bits per heavy atom.